The fourth-order valence-corrected chi connectivity index (χ4v) is 3.67. The highest BCUT2D eigenvalue weighted by Gasteiger charge is 2.34. The van der Waals surface area contributed by atoms with Gasteiger partial charge in [-0.05, 0) is 33.1 Å². The van der Waals surface area contributed by atoms with Gasteiger partial charge < -0.3 is 63.8 Å². The maximum absolute atomic E-state index is 13.2. The normalized spacial score (nSPS) is 16.2. The van der Waals surface area contributed by atoms with Gasteiger partial charge in [0.1, 0.15) is 36.3 Å². The Hall–Kier alpha value is -4.40. The van der Waals surface area contributed by atoms with E-state index in [2.05, 4.69) is 26.6 Å². The highest BCUT2D eigenvalue weighted by atomic mass is 16.4. The fraction of sp³-hybridized carbons (Fsp3) is 0.692. The van der Waals surface area contributed by atoms with Gasteiger partial charge in [0.2, 0.25) is 41.4 Å². The molecule has 20 nitrogen and oxygen atoms in total. The topological polar surface area (TPSA) is 342 Å². The lowest BCUT2D eigenvalue weighted by Crippen LogP contribution is -2.61. The van der Waals surface area contributed by atoms with Crippen LogP contribution < -0.4 is 43.4 Å². The number of nitrogens with two attached hydrogens (primary N) is 2. The minimum atomic E-state index is -1.74. The van der Waals surface area contributed by atoms with E-state index in [4.69, 9.17) is 21.7 Å². The van der Waals surface area contributed by atoms with Crippen LogP contribution >= 0.6 is 0 Å². The SMILES string of the molecule is CC(C)C[C@H](NC(=O)[C@H](CC(N)=O)NC(=O)[C@H](CO)NC(=O)[C@@H](NC(=O)[C@H](C)N)[C@@H](C)O)C(=O)N[C@@H](C)C(=O)N[C@@H](CO)C(=O)O. The van der Waals surface area contributed by atoms with E-state index >= 15 is 0 Å². The van der Waals surface area contributed by atoms with Crippen LogP contribution in [0, 0.1) is 5.92 Å². The molecule has 14 N–H and O–H groups in total. The largest absolute Gasteiger partial charge is 0.480 e. The van der Waals surface area contributed by atoms with Crippen LogP contribution in [0.15, 0.2) is 0 Å². The molecule has 262 valence electrons. The lowest BCUT2D eigenvalue weighted by atomic mass is 10.0. The number of aliphatic carboxylic acids is 1. The van der Waals surface area contributed by atoms with E-state index in [1.807, 2.05) is 5.32 Å². The van der Waals surface area contributed by atoms with Gasteiger partial charge >= 0.3 is 5.97 Å². The van der Waals surface area contributed by atoms with E-state index in [-0.39, 0.29) is 12.3 Å². The number of carbonyl (C=O) groups excluding carboxylic acids is 7. The van der Waals surface area contributed by atoms with Crippen molar-refractivity contribution >= 4 is 47.3 Å². The van der Waals surface area contributed by atoms with Gasteiger partial charge in [0.25, 0.3) is 0 Å². The van der Waals surface area contributed by atoms with Gasteiger partial charge in [-0.2, -0.15) is 0 Å². The van der Waals surface area contributed by atoms with Gasteiger partial charge in [-0.1, -0.05) is 13.8 Å². The van der Waals surface area contributed by atoms with E-state index < -0.39 is 115 Å². The van der Waals surface area contributed by atoms with Crippen LogP contribution in [-0.4, -0.2) is 129 Å². The number of carboxylic acids is 1. The predicted octanol–water partition coefficient (Wildman–Crippen LogP) is -6.37. The second kappa shape index (κ2) is 19.9. The van der Waals surface area contributed by atoms with Crippen LogP contribution in [0.4, 0.5) is 0 Å². The number of aliphatic hydroxyl groups is 3. The molecule has 0 rings (SSSR count). The maximum Gasteiger partial charge on any atom is 0.328 e. The maximum atomic E-state index is 13.2. The van der Waals surface area contributed by atoms with Crippen molar-refractivity contribution in [1.82, 2.24) is 31.9 Å². The predicted molar refractivity (Wildman–Crippen MR) is 158 cm³/mol. The summed E-state index contributed by atoms with van der Waals surface area (Å²) in [5.74, 6) is -8.75. The number of amides is 7. The molecule has 0 saturated heterocycles. The molecule has 0 bridgehead atoms. The van der Waals surface area contributed by atoms with Crippen molar-refractivity contribution in [2.75, 3.05) is 13.2 Å². The summed E-state index contributed by atoms with van der Waals surface area (Å²) in [5, 5.41) is 50.9. The lowest BCUT2D eigenvalue weighted by Gasteiger charge is -2.27. The number of hydrogen-bond acceptors (Lipinski definition) is 12. The third-order valence-corrected chi connectivity index (χ3v) is 6.22. The summed E-state index contributed by atoms with van der Waals surface area (Å²) in [6.07, 6.45) is -2.23. The molecule has 20 heteroatoms. The molecule has 7 amide bonds. The van der Waals surface area contributed by atoms with Gasteiger partial charge in [0, 0.05) is 0 Å². The van der Waals surface area contributed by atoms with Gasteiger partial charge in [-0.25, -0.2) is 4.79 Å². The second-order valence-corrected chi connectivity index (χ2v) is 11.0. The Morgan fingerprint density at radius 1 is 0.609 bits per heavy atom. The van der Waals surface area contributed by atoms with Crippen LogP contribution in [0.1, 0.15) is 47.5 Å². The molecule has 0 radical (unpaired) electrons. The zero-order chi connectivity index (χ0) is 35.9. The molecule has 0 aliphatic heterocycles. The molecule has 8 atom stereocenters. The highest BCUT2D eigenvalue weighted by molar-refractivity contribution is 5.98. The Kier molecular flexibility index (Phi) is 18.0. The second-order valence-electron chi connectivity index (χ2n) is 11.0. The van der Waals surface area contributed by atoms with E-state index in [9.17, 15) is 48.6 Å². The number of carbonyl (C=O) groups is 8. The molecule has 0 spiro atoms. The molecule has 46 heavy (non-hydrogen) atoms. The zero-order valence-electron chi connectivity index (χ0n) is 26.2. The summed E-state index contributed by atoms with van der Waals surface area (Å²) >= 11 is 0. The lowest BCUT2D eigenvalue weighted by molar-refractivity contribution is -0.143. The number of aliphatic hydroxyl groups excluding tert-OH is 3. The van der Waals surface area contributed by atoms with Crippen LogP contribution in [0.5, 0.6) is 0 Å². The summed E-state index contributed by atoms with van der Waals surface area (Å²) in [6, 6.07) is -10.4. The number of carboxylic acid groups (broad SMARTS) is 1. The third-order valence-electron chi connectivity index (χ3n) is 6.22. The summed E-state index contributed by atoms with van der Waals surface area (Å²) < 4.78 is 0. The summed E-state index contributed by atoms with van der Waals surface area (Å²) in [5.41, 5.74) is 10.7. The number of nitrogens with one attached hydrogen (secondary N) is 6. The summed E-state index contributed by atoms with van der Waals surface area (Å²) in [7, 11) is 0. The zero-order valence-corrected chi connectivity index (χ0v) is 26.2. The standard InChI is InChI=1S/C26H46N8O12/c1-10(2)6-14(22(41)29-12(4)21(40)33-17(9-36)26(45)46)30-23(42)15(7-18(28)38)31-24(43)16(8-35)32-25(44)19(13(5)37)34-20(39)11(3)27/h10-17,19,35-37H,6-9,27H2,1-5H3,(H2,28,38)(H,29,41)(H,30,42)(H,31,43)(H,32,44)(H,33,40)(H,34,39)(H,45,46)/t11-,12-,13+,14-,15-,16-,17-,19-/m0/s1. The Balaban J connectivity index is 5.81. The van der Waals surface area contributed by atoms with Crippen molar-refractivity contribution in [3.63, 3.8) is 0 Å². The van der Waals surface area contributed by atoms with E-state index in [0.717, 1.165) is 0 Å². The molecule has 0 fully saturated rings. The van der Waals surface area contributed by atoms with E-state index in [1.165, 1.54) is 20.8 Å². The number of rotatable bonds is 20. The fourth-order valence-electron chi connectivity index (χ4n) is 3.67. The van der Waals surface area contributed by atoms with Crippen molar-refractivity contribution in [2.24, 2.45) is 17.4 Å². The van der Waals surface area contributed by atoms with Crippen LogP contribution in [-0.2, 0) is 38.4 Å². The average Bonchev–Trinajstić information content (AvgIpc) is 2.94. The molecule has 0 saturated carbocycles. The molecule has 0 aliphatic carbocycles. The first-order valence-electron chi connectivity index (χ1n) is 14.2. The Morgan fingerprint density at radius 2 is 1.07 bits per heavy atom. The van der Waals surface area contributed by atoms with Crippen LogP contribution in [0.2, 0.25) is 0 Å². The first-order valence-corrected chi connectivity index (χ1v) is 14.2. The first kappa shape index (κ1) is 41.6. The van der Waals surface area contributed by atoms with Gasteiger partial charge in [0.05, 0.1) is 31.8 Å². The molecule has 0 heterocycles. The van der Waals surface area contributed by atoms with E-state index in [0.29, 0.717) is 0 Å². The third kappa shape index (κ3) is 14.6. The van der Waals surface area contributed by atoms with Gasteiger partial charge in [-0.3, -0.25) is 33.6 Å². The van der Waals surface area contributed by atoms with Crippen molar-refractivity contribution in [3.05, 3.63) is 0 Å². The minimum Gasteiger partial charge on any atom is -0.480 e. The molecule has 0 aromatic rings. The smallest absolute Gasteiger partial charge is 0.328 e. The Morgan fingerprint density at radius 3 is 1.50 bits per heavy atom. The average molecular weight is 663 g/mol. The van der Waals surface area contributed by atoms with Crippen molar-refractivity contribution in [3.8, 4) is 0 Å². The molecule has 0 aliphatic rings. The first-order chi connectivity index (χ1) is 21.2. The van der Waals surface area contributed by atoms with Crippen molar-refractivity contribution < 1.29 is 58.8 Å². The molecule has 0 aromatic carbocycles. The molecule has 0 aromatic heterocycles. The molecule has 0 unspecified atom stereocenters. The summed E-state index contributed by atoms with van der Waals surface area (Å²) in [4.78, 5) is 98.9. The summed E-state index contributed by atoms with van der Waals surface area (Å²) in [6.45, 7) is 5.20. The molecular formula is C26H46N8O12. The number of primary amides is 1. The molecular weight excluding hydrogens is 616 g/mol. The van der Waals surface area contributed by atoms with E-state index in [1.54, 1.807) is 13.8 Å². The van der Waals surface area contributed by atoms with Crippen LogP contribution in [0.25, 0.3) is 0 Å². The van der Waals surface area contributed by atoms with Gasteiger partial charge in [0.15, 0.2) is 0 Å². The highest BCUT2D eigenvalue weighted by Crippen LogP contribution is 2.07. The van der Waals surface area contributed by atoms with Crippen molar-refractivity contribution in [2.45, 2.75) is 95.9 Å². The quantitative estimate of drug-likeness (QED) is 0.0578. The number of hydrogen-bond donors (Lipinski definition) is 12. The van der Waals surface area contributed by atoms with Gasteiger partial charge in [-0.15, -0.1) is 0 Å². The Labute approximate surface area is 264 Å². The van der Waals surface area contributed by atoms with Crippen LogP contribution in [0.3, 0.4) is 0 Å². The minimum absolute atomic E-state index is 0.000728. The Bertz CT molecular complexity index is 1120. The van der Waals surface area contributed by atoms with Crippen molar-refractivity contribution in [1.29, 1.82) is 0 Å². The monoisotopic (exact) mass is 662 g/mol.